The molecule has 9 nitrogen and oxygen atoms in total. The molecule has 3 aromatic rings. The van der Waals surface area contributed by atoms with Gasteiger partial charge in [-0.15, -0.1) is 10.2 Å². The maximum absolute atomic E-state index is 12.5. The van der Waals surface area contributed by atoms with E-state index in [1.54, 1.807) is 48.0 Å². The van der Waals surface area contributed by atoms with Crippen LogP contribution in [0.5, 0.6) is 0 Å². The highest BCUT2D eigenvalue weighted by Crippen LogP contribution is 2.27. The zero-order valence-electron chi connectivity index (χ0n) is 17.7. The summed E-state index contributed by atoms with van der Waals surface area (Å²) in [4.78, 5) is 26.2. The number of nitrogens with zero attached hydrogens (tertiary/aromatic N) is 5. The third kappa shape index (κ3) is 4.13. The minimum atomic E-state index is -3.56. The van der Waals surface area contributed by atoms with E-state index in [4.69, 9.17) is 0 Å². The summed E-state index contributed by atoms with van der Waals surface area (Å²) in [6.07, 6.45) is 1.14. The summed E-state index contributed by atoms with van der Waals surface area (Å²) in [5, 5.41) is 8.72. The molecule has 0 spiro atoms. The smallest absolute Gasteiger partial charge is 0.262 e. The molecule has 0 aliphatic carbocycles. The number of rotatable bonds is 7. The van der Waals surface area contributed by atoms with Crippen LogP contribution in [-0.4, -0.2) is 52.0 Å². The van der Waals surface area contributed by atoms with Gasteiger partial charge in [0.1, 0.15) is 0 Å². The predicted molar refractivity (Wildman–Crippen MR) is 121 cm³/mol. The van der Waals surface area contributed by atoms with Gasteiger partial charge in [0, 0.05) is 7.05 Å². The average molecular weight is 472 g/mol. The molecule has 11 heteroatoms. The number of hydrogen-bond acceptors (Lipinski definition) is 7. The minimum absolute atomic E-state index is 0.00102. The van der Waals surface area contributed by atoms with Crippen molar-refractivity contribution in [2.75, 3.05) is 16.4 Å². The molecule has 0 unspecified atom stereocenters. The van der Waals surface area contributed by atoms with Crippen LogP contribution in [0, 0.1) is 6.92 Å². The highest BCUT2D eigenvalue weighted by atomic mass is 32.2. The van der Waals surface area contributed by atoms with Crippen molar-refractivity contribution in [2.45, 2.75) is 18.6 Å². The van der Waals surface area contributed by atoms with E-state index in [0.29, 0.717) is 27.8 Å². The van der Waals surface area contributed by atoms with Gasteiger partial charge in [-0.2, -0.15) is 0 Å². The first-order valence-corrected chi connectivity index (χ1v) is 12.5. The Bertz CT molecular complexity index is 1270. The molecule has 1 aliphatic rings. The summed E-state index contributed by atoms with van der Waals surface area (Å²) >= 11 is 1.18. The molecule has 166 valence electrons. The number of fused-ring (bicyclic) bond motifs is 1. The second kappa shape index (κ2) is 8.40. The van der Waals surface area contributed by atoms with E-state index in [-0.39, 0.29) is 24.2 Å². The number of aryl methyl sites for hydroxylation is 1. The van der Waals surface area contributed by atoms with Crippen LogP contribution < -0.4 is 4.31 Å². The fourth-order valence-corrected chi connectivity index (χ4v) is 5.06. The summed E-state index contributed by atoms with van der Waals surface area (Å²) in [6, 6.07) is 13.9. The molecule has 1 aliphatic heterocycles. The molecule has 2 heterocycles. The zero-order chi connectivity index (χ0) is 23.0. The first-order valence-electron chi connectivity index (χ1n) is 9.67. The van der Waals surface area contributed by atoms with Gasteiger partial charge in [-0.05, 0) is 31.2 Å². The summed E-state index contributed by atoms with van der Waals surface area (Å²) in [5.41, 5.74) is 2.33. The fourth-order valence-electron chi connectivity index (χ4n) is 3.33. The second-order valence-corrected chi connectivity index (χ2v) is 10.2. The maximum Gasteiger partial charge on any atom is 0.262 e. The van der Waals surface area contributed by atoms with Crippen LogP contribution in [0.25, 0.3) is 0 Å². The summed E-state index contributed by atoms with van der Waals surface area (Å²) in [5.74, 6) is -0.182. The zero-order valence-corrected chi connectivity index (χ0v) is 19.4. The molecule has 0 N–H and O–H groups in total. The molecule has 1 aromatic heterocycles. The lowest BCUT2D eigenvalue weighted by atomic mass is 10.1. The maximum atomic E-state index is 12.5. The predicted octanol–water partition coefficient (Wildman–Crippen LogP) is 2.44. The van der Waals surface area contributed by atoms with Crippen molar-refractivity contribution >= 4 is 39.3 Å². The summed E-state index contributed by atoms with van der Waals surface area (Å²) in [7, 11) is -1.84. The number of sulfonamides is 1. The number of carbonyl (C=O) groups is 2. The molecule has 0 saturated carbocycles. The Morgan fingerprint density at radius 1 is 0.969 bits per heavy atom. The van der Waals surface area contributed by atoms with E-state index in [0.717, 1.165) is 11.8 Å². The van der Waals surface area contributed by atoms with Gasteiger partial charge in [0.05, 0.1) is 35.5 Å². The molecule has 4 rings (SSSR count). The van der Waals surface area contributed by atoms with Crippen molar-refractivity contribution in [3.8, 4) is 0 Å². The molecule has 2 amide bonds. The van der Waals surface area contributed by atoms with E-state index < -0.39 is 10.0 Å². The molecule has 2 aromatic carbocycles. The van der Waals surface area contributed by atoms with Crippen LogP contribution in [0.2, 0.25) is 0 Å². The molecule has 0 atom stereocenters. The van der Waals surface area contributed by atoms with Crippen LogP contribution in [0.3, 0.4) is 0 Å². The van der Waals surface area contributed by atoms with E-state index in [2.05, 4.69) is 10.2 Å². The lowest BCUT2D eigenvalue weighted by Crippen LogP contribution is -2.30. The lowest BCUT2D eigenvalue weighted by Gasteiger charge is -2.22. The molecular formula is C21H21N5O4S2. The number of carbonyl (C=O) groups excluding carboxylic acids is 2. The van der Waals surface area contributed by atoms with Crippen molar-refractivity contribution in [1.29, 1.82) is 0 Å². The normalized spacial score (nSPS) is 13.5. The first-order chi connectivity index (χ1) is 15.2. The third-order valence-electron chi connectivity index (χ3n) is 5.13. The van der Waals surface area contributed by atoms with E-state index in [1.807, 2.05) is 19.1 Å². The Kier molecular flexibility index (Phi) is 5.78. The van der Waals surface area contributed by atoms with Crippen LogP contribution in [-0.2, 0) is 23.6 Å². The fraction of sp³-hybridized carbons (Fsp3) is 0.238. The molecule has 0 saturated heterocycles. The van der Waals surface area contributed by atoms with E-state index >= 15 is 0 Å². The molecule has 0 fully saturated rings. The number of hydrogen-bond donors (Lipinski definition) is 0. The Hall–Kier alpha value is -3.18. The number of anilines is 1. The average Bonchev–Trinajstić information content (AvgIpc) is 3.22. The van der Waals surface area contributed by atoms with Gasteiger partial charge >= 0.3 is 0 Å². The van der Waals surface area contributed by atoms with Gasteiger partial charge in [0.15, 0.2) is 11.0 Å². The van der Waals surface area contributed by atoms with Gasteiger partial charge in [0.2, 0.25) is 10.0 Å². The standard InChI is InChI=1S/C21H21N5O4S2/c1-14-8-10-15(11-9-14)26(32(3,29)30)12-18-22-23-21(24(18)2)31-13-25-19(27)16-6-4-5-7-17(16)20(25)28/h4-11H,12-13H2,1-3H3. The topological polar surface area (TPSA) is 105 Å². The third-order valence-corrected chi connectivity index (χ3v) is 7.27. The van der Waals surface area contributed by atoms with Crippen LogP contribution in [0.4, 0.5) is 5.69 Å². The van der Waals surface area contributed by atoms with Crippen molar-refractivity contribution in [3.63, 3.8) is 0 Å². The van der Waals surface area contributed by atoms with Crippen molar-refractivity contribution < 1.29 is 18.0 Å². The number of imide groups is 1. The Balaban J connectivity index is 1.50. The number of thioether (sulfide) groups is 1. The Morgan fingerprint density at radius 2 is 1.56 bits per heavy atom. The van der Waals surface area contributed by atoms with E-state index in [9.17, 15) is 18.0 Å². The monoisotopic (exact) mass is 471 g/mol. The quantitative estimate of drug-likeness (QED) is 0.385. The Labute approximate surface area is 190 Å². The SMILES string of the molecule is Cc1ccc(N(Cc2nnc(SCN3C(=O)c4ccccc4C3=O)n2C)S(C)(=O)=O)cc1. The van der Waals surface area contributed by atoms with Gasteiger partial charge in [-0.1, -0.05) is 41.6 Å². The Morgan fingerprint density at radius 3 is 2.12 bits per heavy atom. The molecule has 0 radical (unpaired) electrons. The second-order valence-electron chi connectivity index (χ2n) is 7.42. The number of amides is 2. The lowest BCUT2D eigenvalue weighted by molar-refractivity contribution is 0.0684. The van der Waals surface area contributed by atoms with Gasteiger partial charge in [-0.25, -0.2) is 8.42 Å². The van der Waals surface area contributed by atoms with Gasteiger partial charge in [0.25, 0.3) is 11.8 Å². The summed E-state index contributed by atoms with van der Waals surface area (Å²) in [6.45, 7) is 1.92. The van der Waals surface area contributed by atoms with Gasteiger partial charge in [-0.3, -0.25) is 18.8 Å². The first kappa shape index (κ1) is 22.0. The van der Waals surface area contributed by atoms with Crippen LogP contribution in [0.15, 0.2) is 53.7 Å². The molecular weight excluding hydrogens is 450 g/mol. The highest BCUT2D eigenvalue weighted by Gasteiger charge is 2.35. The highest BCUT2D eigenvalue weighted by molar-refractivity contribution is 7.99. The van der Waals surface area contributed by atoms with Crippen molar-refractivity contribution in [1.82, 2.24) is 19.7 Å². The van der Waals surface area contributed by atoms with Crippen molar-refractivity contribution in [2.24, 2.45) is 7.05 Å². The number of aromatic nitrogens is 3. The van der Waals surface area contributed by atoms with E-state index in [1.165, 1.54) is 21.0 Å². The molecule has 0 bridgehead atoms. The van der Waals surface area contributed by atoms with Crippen LogP contribution >= 0.6 is 11.8 Å². The van der Waals surface area contributed by atoms with Gasteiger partial charge < -0.3 is 4.57 Å². The summed E-state index contributed by atoms with van der Waals surface area (Å²) < 4.78 is 27.7. The van der Waals surface area contributed by atoms with Crippen LogP contribution in [0.1, 0.15) is 32.1 Å². The molecule has 32 heavy (non-hydrogen) atoms. The number of benzene rings is 2. The minimum Gasteiger partial charge on any atom is -0.308 e. The largest absolute Gasteiger partial charge is 0.308 e. The van der Waals surface area contributed by atoms with Crippen molar-refractivity contribution in [3.05, 3.63) is 71.0 Å².